The quantitative estimate of drug-likeness (QED) is 0.664. The maximum atomic E-state index is 2.41. The summed E-state index contributed by atoms with van der Waals surface area (Å²) in [6, 6.07) is 9.01. The summed E-state index contributed by atoms with van der Waals surface area (Å²) in [5.74, 6) is 0.725. The second-order valence-electron chi connectivity index (χ2n) is 5.33. The van der Waals surface area contributed by atoms with Crippen LogP contribution in [0.5, 0.6) is 0 Å². The highest BCUT2D eigenvalue weighted by atomic mass is 14.4. The minimum absolute atomic E-state index is 0.671. The molecule has 1 aromatic rings. The first kappa shape index (κ1) is 9.76. The molecule has 1 saturated carbocycles. The van der Waals surface area contributed by atoms with Gasteiger partial charge in [-0.15, -0.1) is 0 Å². The van der Waals surface area contributed by atoms with Crippen molar-refractivity contribution in [2.24, 2.45) is 5.41 Å². The minimum atomic E-state index is 0.671. The third kappa shape index (κ3) is 2.17. The zero-order valence-electron chi connectivity index (χ0n) is 9.51. The Kier molecular flexibility index (Phi) is 2.38. The van der Waals surface area contributed by atoms with Crippen molar-refractivity contribution in [3.05, 3.63) is 35.4 Å². The molecule has 1 aromatic carbocycles. The fourth-order valence-corrected chi connectivity index (χ4v) is 2.17. The van der Waals surface area contributed by atoms with Gasteiger partial charge in [0.15, 0.2) is 0 Å². The topological polar surface area (TPSA) is 0 Å². The van der Waals surface area contributed by atoms with Crippen LogP contribution in [0.3, 0.4) is 0 Å². The smallest absolute Gasteiger partial charge is 0.0185 e. The summed E-state index contributed by atoms with van der Waals surface area (Å²) >= 11 is 0. The average molecular weight is 188 g/mol. The lowest BCUT2D eigenvalue weighted by Crippen LogP contribution is -2.01. The van der Waals surface area contributed by atoms with Crippen molar-refractivity contribution in [3.8, 4) is 0 Å². The third-order valence-electron chi connectivity index (χ3n) is 3.55. The van der Waals surface area contributed by atoms with Gasteiger partial charge in [0.1, 0.15) is 0 Å². The molecule has 0 heterocycles. The molecule has 0 spiro atoms. The van der Waals surface area contributed by atoms with E-state index in [4.69, 9.17) is 0 Å². The van der Waals surface area contributed by atoms with Crippen molar-refractivity contribution in [2.45, 2.75) is 46.0 Å². The fraction of sp³-hybridized carbons (Fsp3) is 0.571. The monoisotopic (exact) mass is 188 g/mol. The zero-order chi connectivity index (χ0) is 10.2. The fourth-order valence-electron chi connectivity index (χ4n) is 2.17. The summed E-state index contributed by atoms with van der Waals surface area (Å²) < 4.78 is 0. The summed E-state index contributed by atoms with van der Waals surface area (Å²) in [6.45, 7) is 6.92. The Labute approximate surface area is 87.3 Å². The van der Waals surface area contributed by atoms with Gasteiger partial charge in [0.05, 0.1) is 0 Å². The Bertz CT molecular complexity index is 303. The van der Waals surface area contributed by atoms with Gasteiger partial charge in [0.25, 0.3) is 0 Å². The predicted octanol–water partition coefficient (Wildman–Crippen LogP) is 4.29. The standard InChI is InChI=1S/C14H20/c1-11-4-6-13(7-5-11)12(2)10-14(3)8-9-14/h4-7,12H,8-10H2,1-3H3. The lowest BCUT2D eigenvalue weighted by atomic mass is 9.89. The van der Waals surface area contributed by atoms with Gasteiger partial charge in [0.2, 0.25) is 0 Å². The molecular formula is C14H20. The summed E-state index contributed by atoms with van der Waals surface area (Å²) in [5, 5.41) is 0. The lowest BCUT2D eigenvalue weighted by Gasteiger charge is -2.16. The van der Waals surface area contributed by atoms with Crippen LogP contribution in [0, 0.1) is 12.3 Å². The molecule has 0 aliphatic heterocycles. The second-order valence-corrected chi connectivity index (χ2v) is 5.33. The van der Waals surface area contributed by atoms with Crippen LogP contribution in [0.1, 0.15) is 50.2 Å². The van der Waals surface area contributed by atoms with E-state index in [9.17, 15) is 0 Å². The van der Waals surface area contributed by atoms with Crippen molar-refractivity contribution in [1.82, 2.24) is 0 Å². The molecule has 14 heavy (non-hydrogen) atoms. The summed E-state index contributed by atoms with van der Waals surface area (Å²) in [5.41, 5.74) is 3.53. The third-order valence-corrected chi connectivity index (χ3v) is 3.55. The van der Waals surface area contributed by atoms with Crippen LogP contribution in [0.2, 0.25) is 0 Å². The summed E-state index contributed by atoms with van der Waals surface area (Å²) in [7, 11) is 0. The van der Waals surface area contributed by atoms with E-state index in [0.29, 0.717) is 5.41 Å². The van der Waals surface area contributed by atoms with Crippen LogP contribution in [-0.4, -0.2) is 0 Å². The molecular weight excluding hydrogens is 168 g/mol. The highest BCUT2D eigenvalue weighted by Gasteiger charge is 2.38. The van der Waals surface area contributed by atoms with Crippen molar-refractivity contribution < 1.29 is 0 Å². The Hall–Kier alpha value is -0.780. The number of rotatable bonds is 3. The Morgan fingerprint density at radius 3 is 2.29 bits per heavy atom. The predicted molar refractivity (Wildman–Crippen MR) is 61.6 cm³/mol. The summed E-state index contributed by atoms with van der Waals surface area (Å²) in [4.78, 5) is 0. The number of hydrogen-bond donors (Lipinski definition) is 0. The van der Waals surface area contributed by atoms with Crippen LogP contribution < -0.4 is 0 Å². The first-order chi connectivity index (χ1) is 6.59. The number of benzene rings is 1. The van der Waals surface area contributed by atoms with E-state index < -0.39 is 0 Å². The Morgan fingerprint density at radius 1 is 1.21 bits per heavy atom. The van der Waals surface area contributed by atoms with E-state index in [1.165, 1.54) is 30.4 Å². The second kappa shape index (κ2) is 3.42. The van der Waals surface area contributed by atoms with Crippen molar-refractivity contribution in [3.63, 3.8) is 0 Å². The van der Waals surface area contributed by atoms with Gasteiger partial charge in [-0.25, -0.2) is 0 Å². The highest BCUT2D eigenvalue weighted by molar-refractivity contribution is 5.24. The SMILES string of the molecule is Cc1ccc(C(C)CC2(C)CC2)cc1. The largest absolute Gasteiger partial charge is 0.0596 e. The molecule has 76 valence electrons. The van der Waals surface area contributed by atoms with Crippen LogP contribution in [0.4, 0.5) is 0 Å². The van der Waals surface area contributed by atoms with Crippen LogP contribution in [-0.2, 0) is 0 Å². The first-order valence-corrected chi connectivity index (χ1v) is 5.66. The molecule has 0 aromatic heterocycles. The van der Waals surface area contributed by atoms with E-state index in [0.717, 1.165) is 5.92 Å². The number of hydrogen-bond acceptors (Lipinski definition) is 0. The zero-order valence-corrected chi connectivity index (χ0v) is 9.51. The molecule has 0 bridgehead atoms. The van der Waals surface area contributed by atoms with Crippen LogP contribution in [0.25, 0.3) is 0 Å². The van der Waals surface area contributed by atoms with Crippen molar-refractivity contribution in [2.75, 3.05) is 0 Å². The van der Waals surface area contributed by atoms with Gasteiger partial charge >= 0.3 is 0 Å². The molecule has 1 unspecified atom stereocenters. The van der Waals surface area contributed by atoms with Gasteiger partial charge in [-0.3, -0.25) is 0 Å². The van der Waals surface area contributed by atoms with Crippen molar-refractivity contribution in [1.29, 1.82) is 0 Å². The number of aryl methyl sites for hydroxylation is 1. The molecule has 0 heteroatoms. The molecule has 0 N–H and O–H groups in total. The summed E-state index contributed by atoms with van der Waals surface area (Å²) in [6.07, 6.45) is 4.22. The van der Waals surface area contributed by atoms with Gasteiger partial charge in [-0.1, -0.05) is 43.7 Å². The van der Waals surface area contributed by atoms with Gasteiger partial charge in [0, 0.05) is 0 Å². The highest BCUT2D eigenvalue weighted by Crippen LogP contribution is 2.51. The van der Waals surface area contributed by atoms with Crippen LogP contribution >= 0.6 is 0 Å². The molecule has 1 fully saturated rings. The molecule has 0 saturated heterocycles. The molecule has 0 nitrogen and oxygen atoms in total. The molecule has 1 aliphatic carbocycles. The lowest BCUT2D eigenvalue weighted by molar-refractivity contribution is 0.467. The van der Waals surface area contributed by atoms with Gasteiger partial charge < -0.3 is 0 Å². The maximum Gasteiger partial charge on any atom is -0.0185 e. The van der Waals surface area contributed by atoms with E-state index in [1.54, 1.807) is 0 Å². The van der Waals surface area contributed by atoms with E-state index in [1.807, 2.05) is 0 Å². The van der Waals surface area contributed by atoms with Gasteiger partial charge in [-0.05, 0) is 43.1 Å². The Morgan fingerprint density at radius 2 is 1.79 bits per heavy atom. The van der Waals surface area contributed by atoms with Gasteiger partial charge in [-0.2, -0.15) is 0 Å². The molecule has 0 radical (unpaired) electrons. The van der Waals surface area contributed by atoms with E-state index in [-0.39, 0.29) is 0 Å². The maximum absolute atomic E-state index is 2.41. The Balaban J connectivity index is 2.03. The first-order valence-electron chi connectivity index (χ1n) is 5.66. The van der Waals surface area contributed by atoms with E-state index in [2.05, 4.69) is 45.0 Å². The van der Waals surface area contributed by atoms with Crippen LogP contribution in [0.15, 0.2) is 24.3 Å². The molecule has 2 rings (SSSR count). The molecule has 1 aliphatic rings. The minimum Gasteiger partial charge on any atom is -0.0596 e. The average Bonchev–Trinajstić information content (AvgIpc) is 2.84. The molecule has 1 atom stereocenters. The van der Waals surface area contributed by atoms with E-state index >= 15 is 0 Å². The van der Waals surface area contributed by atoms with Crippen molar-refractivity contribution >= 4 is 0 Å². The molecule has 0 amide bonds. The normalized spacial score (nSPS) is 20.5.